The van der Waals surface area contributed by atoms with E-state index in [1.54, 1.807) is 24.3 Å². The van der Waals surface area contributed by atoms with Crippen molar-refractivity contribution >= 4 is 28.1 Å². The average molecular weight is 414 g/mol. The molecule has 0 saturated carbocycles. The Labute approximate surface area is 177 Å². The van der Waals surface area contributed by atoms with Crippen molar-refractivity contribution in [3.05, 3.63) is 105 Å². The van der Waals surface area contributed by atoms with E-state index in [-0.39, 0.29) is 11.4 Å². The van der Waals surface area contributed by atoms with E-state index < -0.39 is 9.85 Å². The summed E-state index contributed by atoms with van der Waals surface area (Å²) in [5.74, 6) is 0.655. The lowest BCUT2D eigenvalue weighted by Crippen LogP contribution is -2.07. The van der Waals surface area contributed by atoms with Crippen LogP contribution in [0.1, 0.15) is 5.56 Å². The lowest BCUT2D eigenvalue weighted by molar-refractivity contribution is -0.385. The highest BCUT2D eigenvalue weighted by Gasteiger charge is 2.13. The third kappa shape index (κ3) is 4.48. The molecule has 0 fully saturated rings. The number of nitrogens with one attached hydrogen (secondary N) is 1. The summed E-state index contributed by atoms with van der Waals surface area (Å²) in [4.78, 5) is 25.8. The van der Waals surface area contributed by atoms with Crippen molar-refractivity contribution in [3.8, 4) is 11.1 Å². The Morgan fingerprint density at radius 1 is 0.806 bits per heavy atom. The Bertz CT molecular complexity index is 1260. The molecule has 0 aliphatic rings. The standard InChI is InChI=1S/C23H18N4O4/c28-26(29)18-8-6-16(7-9-18)12-13-24-23-15-20(17-4-2-1-3-5-17)21-14-19(27(30)31)10-11-22(21)25-23/h1-11,14-15H,12-13H2,(H,24,25). The van der Waals surface area contributed by atoms with Gasteiger partial charge in [-0.2, -0.15) is 0 Å². The molecule has 1 aromatic heterocycles. The van der Waals surface area contributed by atoms with E-state index in [2.05, 4.69) is 10.3 Å². The number of benzene rings is 3. The van der Waals surface area contributed by atoms with Crippen molar-refractivity contribution in [2.45, 2.75) is 6.42 Å². The second-order valence-electron chi connectivity index (χ2n) is 6.98. The fraction of sp³-hybridized carbons (Fsp3) is 0.0870. The molecular weight excluding hydrogens is 396 g/mol. The number of aromatic nitrogens is 1. The Morgan fingerprint density at radius 3 is 2.16 bits per heavy atom. The van der Waals surface area contributed by atoms with Gasteiger partial charge in [-0.15, -0.1) is 0 Å². The van der Waals surface area contributed by atoms with Crippen LogP contribution >= 0.6 is 0 Å². The van der Waals surface area contributed by atoms with Crippen LogP contribution in [0.5, 0.6) is 0 Å². The molecule has 0 amide bonds. The largest absolute Gasteiger partial charge is 0.370 e. The Hall–Kier alpha value is -4.33. The van der Waals surface area contributed by atoms with E-state index in [1.807, 2.05) is 36.4 Å². The van der Waals surface area contributed by atoms with Crippen molar-refractivity contribution < 1.29 is 9.85 Å². The Kier molecular flexibility index (Phi) is 5.53. The molecule has 0 saturated heterocycles. The number of non-ortho nitro benzene ring substituents is 2. The highest BCUT2D eigenvalue weighted by Crippen LogP contribution is 2.32. The second kappa shape index (κ2) is 8.58. The van der Waals surface area contributed by atoms with Gasteiger partial charge >= 0.3 is 0 Å². The lowest BCUT2D eigenvalue weighted by atomic mass is 10.0. The molecule has 0 bridgehead atoms. The number of nitro groups is 2. The average Bonchev–Trinajstić information content (AvgIpc) is 2.79. The van der Waals surface area contributed by atoms with Crippen molar-refractivity contribution in [1.82, 2.24) is 4.98 Å². The molecule has 8 nitrogen and oxygen atoms in total. The predicted octanol–water partition coefficient (Wildman–Crippen LogP) is 5.37. The van der Waals surface area contributed by atoms with Gasteiger partial charge in [0.15, 0.2) is 0 Å². The predicted molar refractivity (Wildman–Crippen MR) is 119 cm³/mol. The van der Waals surface area contributed by atoms with Gasteiger partial charge in [-0.1, -0.05) is 42.5 Å². The molecule has 0 radical (unpaired) electrons. The SMILES string of the molecule is O=[N+]([O-])c1ccc(CCNc2cc(-c3ccccc3)c3cc([N+](=O)[O-])ccc3n2)cc1. The molecule has 4 aromatic rings. The first-order valence-electron chi connectivity index (χ1n) is 9.63. The number of nitrogens with zero attached hydrogens (tertiary/aromatic N) is 3. The van der Waals surface area contributed by atoms with Gasteiger partial charge in [-0.25, -0.2) is 4.98 Å². The Balaban J connectivity index is 1.61. The van der Waals surface area contributed by atoms with E-state index in [1.165, 1.54) is 18.2 Å². The van der Waals surface area contributed by atoms with Crippen LogP contribution in [0.4, 0.5) is 17.2 Å². The number of hydrogen-bond acceptors (Lipinski definition) is 6. The van der Waals surface area contributed by atoms with E-state index >= 15 is 0 Å². The van der Waals surface area contributed by atoms with Gasteiger partial charge in [0.2, 0.25) is 0 Å². The molecule has 1 N–H and O–H groups in total. The van der Waals surface area contributed by atoms with Crippen molar-refractivity contribution in [2.24, 2.45) is 0 Å². The number of pyridine rings is 1. The van der Waals surface area contributed by atoms with Crippen LogP contribution in [0.15, 0.2) is 78.9 Å². The van der Waals surface area contributed by atoms with E-state index in [0.29, 0.717) is 29.7 Å². The summed E-state index contributed by atoms with van der Waals surface area (Å²) < 4.78 is 0. The summed E-state index contributed by atoms with van der Waals surface area (Å²) in [6.45, 7) is 0.581. The molecule has 0 aliphatic heterocycles. The van der Waals surface area contributed by atoms with E-state index in [0.717, 1.165) is 16.7 Å². The molecule has 3 aromatic carbocycles. The minimum atomic E-state index is -0.420. The monoisotopic (exact) mass is 414 g/mol. The molecule has 1 heterocycles. The van der Waals surface area contributed by atoms with Crippen LogP contribution in [-0.4, -0.2) is 21.4 Å². The number of nitro benzene ring substituents is 2. The number of hydrogen-bond donors (Lipinski definition) is 1. The molecule has 0 atom stereocenters. The smallest absolute Gasteiger partial charge is 0.270 e. The molecule has 0 spiro atoms. The van der Waals surface area contributed by atoms with Crippen molar-refractivity contribution in [1.29, 1.82) is 0 Å². The number of anilines is 1. The fourth-order valence-corrected chi connectivity index (χ4v) is 3.39. The van der Waals surface area contributed by atoms with E-state index in [4.69, 9.17) is 0 Å². The zero-order valence-electron chi connectivity index (χ0n) is 16.4. The first-order chi connectivity index (χ1) is 15.0. The topological polar surface area (TPSA) is 111 Å². The number of fused-ring (bicyclic) bond motifs is 1. The first kappa shape index (κ1) is 20.0. The van der Waals surface area contributed by atoms with Crippen LogP contribution in [0.2, 0.25) is 0 Å². The van der Waals surface area contributed by atoms with Crippen LogP contribution in [0.25, 0.3) is 22.0 Å². The molecule has 31 heavy (non-hydrogen) atoms. The zero-order valence-corrected chi connectivity index (χ0v) is 16.4. The maximum atomic E-state index is 11.2. The lowest BCUT2D eigenvalue weighted by Gasteiger charge is -2.12. The number of rotatable bonds is 7. The fourth-order valence-electron chi connectivity index (χ4n) is 3.39. The molecular formula is C23H18N4O4. The maximum absolute atomic E-state index is 11.2. The second-order valence-corrected chi connectivity index (χ2v) is 6.98. The molecule has 154 valence electrons. The van der Waals surface area contributed by atoms with Crippen LogP contribution < -0.4 is 5.32 Å². The van der Waals surface area contributed by atoms with Crippen molar-refractivity contribution in [2.75, 3.05) is 11.9 Å². The van der Waals surface area contributed by atoms with Crippen molar-refractivity contribution in [3.63, 3.8) is 0 Å². The molecule has 0 aliphatic carbocycles. The quantitative estimate of drug-likeness (QED) is 0.321. The zero-order chi connectivity index (χ0) is 21.8. The first-order valence-corrected chi connectivity index (χ1v) is 9.63. The highest BCUT2D eigenvalue weighted by atomic mass is 16.6. The van der Waals surface area contributed by atoms with Crippen LogP contribution in [-0.2, 0) is 6.42 Å². The van der Waals surface area contributed by atoms with Crippen LogP contribution in [0.3, 0.4) is 0 Å². The third-order valence-corrected chi connectivity index (χ3v) is 4.95. The van der Waals surface area contributed by atoms with Gasteiger partial charge < -0.3 is 5.32 Å². The molecule has 4 rings (SSSR count). The summed E-state index contributed by atoms with van der Waals surface area (Å²) in [6, 6.07) is 22.6. The van der Waals surface area contributed by atoms with Gasteiger partial charge in [0.1, 0.15) is 5.82 Å². The summed E-state index contributed by atoms with van der Waals surface area (Å²) in [5.41, 5.74) is 3.50. The molecule has 0 unspecified atom stereocenters. The summed E-state index contributed by atoms with van der Waals surface area (Å²) in [5, 5.41) is 26.0. The van der Waals surface area contributed by atoms with Crippen LogP contribution in [0, 0.1) is 20.2 Å². The summed E-state index contributed by atoms with van der Waals surface area (Å²) in [6.07, 6.45) is 0.665. The third-order valence-electron chi connectivity index (χ3n) is 4.95. The highest BCUT2D eigenvalue weighted by molar-refractivity contribution is 5.97. The minimum Gasteiger partial charge on any atom is -0.370 e. The van der Waals surface area contributed by atoms with Gasteiger partial charge in [0.05, 0.1) is 15.4 Å². The normalized spacial score (nSPS) is 10.7. The maximum Gasteiger partial charge on any atom is 0.270 e. The van der Waals surface area contributed by atoms with Gasteiger partial charge in [0.25, 0.3) is 11.4 Å². The van der Waals surface area contributed by atoms with Gasteiger partial charge in [-0.3, -0.25) is 20.2 Å². The van der Waals surface area contributed by atoms with Gasteiger partial charge in [0, 0.05) is 36.2 Å². The van der Waals surface area contributed by atoms with E-state index in [9.17, 15) is 20.2 Å². The van der Waals surface area contributed by atoms with Gasteiger partial charge in [-0.05, 0) is 35.2 Å². The minimum absolute atomic E-state index is 0.0189. The summed E-state index contributed by atoms with van der Waals surface area (Å²) >= 11 is 0. The molecule has 8 heteroatoms. The summed E-state index contributed by atoms with van der Waals surface area (Å²) in [7, 11) is 0. The Morgan fingerprint density at radius 2 is 1.48 bits per heavy atom.